The van der Waals surface area contributed by atoms with Crippen molar-refractivity contribution in [3.05, 3.63) is 35.4 Å². The molecular weight excluding hydrogens is 170 g/mol. The maximum Gasteiger partial charge on any atom is 0.294 e. The molecule has 0 aromatic heterocycles. The summed E-state index contributed by atoms with van der Waals surface area (Å²) in [5.74, 6) is -1.30. The van der Waals surface area contributed by atoms with Crippen molar-refractivity contribution >= 4 is 11.8 Å². The van der Waals surface area contributed by atoms with Gasteiger partial charge in [-0.1, -0.05) is 6.07 Å². The molecule has 5 heteroatoms. The summed E-state index contributed by atoms with van der Waals surface area (Å²) < 4.78 is 0. The molecular formula is C8H7N3O2. The van der Waals surface area contributed by atoms with Gasteiger partial charge < -0.3 is 5.73 Å². The molecule has 3 N–H and O–H groups in total. The first-order chi connectivity index (χ1) is 6.15. The van der Waals surface area contributed by atoms with E-state index in [4.69, 9.17) is 11.3 Å². The van der Waals surface area contributed by atoms with Crippen LogP contribution in [0.1, 0.15) is 20.7 Å². The van der Waals surface area contributed by atoms with E-state index in [1.54, 1.807) is 0 Å². The van der Waals surface area contributed by atoms with Gasteiger partial charge in [0.05, 0.1) is 0 Å². The van der Waals surface area contributed by atoms with Crippen LogP contribution < -0.4 is 5.73 Å². The molecule has 0 saturated heterocycles. The normalized spacial score (nSPS) is 9.23. The Labute approximate surface area is 74.1 Å². The van der Waals surface area contributed by atoms with E-state index in [0.717, 1.165) is 0 Å². The molecule has 0 aliphatic carbocycles. The summed E-state index contributed by atoms with van der Waals surface area (Å²) in [5, 5.41) is 2.72. The highest BCUT2D eigenvalue weighted by Gasteiger charge is 2.06. The first-order valence-corrected chi connectivity index (χ1v) is 3.47. The molecule has 1 aromatic carbocycles. The van der Waals surface area contributed by atoms with E-state index < -0.39 is 11.8 Å². The Hall–Kier alpha value is -2.04. The van der Waals surface area contributed by atoms with Crippen molar-refractivity contribution < 1.29 is 9.59 Å². The lowest BCUT2D eigenvalue weighted by Crippen LogP contribution is -2.11. The number of nitrogens with one attached hydrogen (secondary N) is 1. The molecule has 0 aliphatic rings. The van der Waals surface area contributed by atoms with Crippen LogP contribution in [0.3, 0.4) is 0 Å². The van der Waals surface area contributed by atoms with Gasteiger partial charge in [-0.25, -0.2) is 5.53 Å². The summed E-state index contributed by atoms with van der Waals surface area (Å²) in [7, 11) is 0. The lowest BCUT2D eigenvalue weighted by molar-refractivity contribution is 0.0991. The predicted molar refractivity (Wildman–Crippen MR) is 44.4 cm³/mol. The van der Waals surface area contributed by atoms with E-state index in [-0.39, 0.29) is 11.1 Å². The number of rotatable bonds is 2. The molecule has 0 atom stereocenters. The number of nitrogens with zero attached hydrogens (tertiary/aromatic N) is 1. The minimum Gasteiger partial charge on any atom is -0.366 e. The van der Waals surface area contributed by atoms with Gasteiger partial charge in [-0.3, -0.25) is 9.59 Å². The fourth-order valence-electron chi connectivity index (χ4n) is 0.870. The van der Waals surface area contributed by atoms with Crippen LogP contribution in [0.5, 0.6) is 0 Å². The second-order valence-electron chi connectivity index (χ2n) is 2.36. The zero-order chi connectivity index (χ0) is 9.84. The third-order valence-electron chi connectivity index (χ3n) is 1.50. The Morgan fingerprint density at radius 2 is 1.92 bits per heavy atom. The quantitative estimate of drug-likeness (QED) is 0.658. The number of carbonyl (C=O) groups is 2. The van der Waals surface area contributed by atoms with E-state index in [2.05, 4.69) is 5.11 Å². The van der Waals surface area contributed by atoms with Crippen LogP contribution in [0, 0.1) is 5.53 Å². The molecule has 0 bridgehead atoms. The topological polar surface area (TPSA) is 96.4 Å². The fourth-order valence-corrected chi connectivity index (χ4v) is 0.870. The Morgan fingerprint density at radius 3 is 2.46 bits per heavy atom. The average Bonchev–Trinajstić information content (AvgIpc) is 2.17. The summed E-state index contributed by atoms with van der Waals surface area (Å²) in [4.78, 5) is 21.6. The largest absolute Gasteiger partial charge is 0.366 e. The minimum atomic E-state index is -0.692. The molecule has 1 aromatic rings. The van der Waals surface area contributed by atoms with Gasteiger partial charge in [0.15, 0.2) is 0 Å². The maximum atomic E-state index is 10.9. The van der Waals surface area contributed by atoms with Gasteiger partial charge in [-0.2, -0.15) is 0 Å². The highest BCUT2D eigenvalue weighted by atomic mass is 16.2. The zero-order valence-corrected chi connectivity index (χ0v) is 6.65. The molecule has 0 saturated carbocycles. The van der Waals surface area contributed by atoms with Gasteiger partial charge in [-0.05, 0) is 18.2 Å². The van der Waals surface area contributed by atoms with Crippen LogP contribution in [0.4, 0.5) is 0 Å². The van der Waals surface area contributed by atoms with E-state index >= 15 is 0 Å². The summed E-state index contributed by atoms with van der Waals surface area (Å²) in [6, 6.07) is 5.77. The lowest BCUT2D eigenvalue weighted by Gasteiger charge is -1.96. The van der Waals surface area contributed by atoms with Crippen molar-refractivity contribution in [1.82, 2.24) is 0 Å². The number of amides is 2. The van der Waals surface area contributed by atoms with Gasteiger partial charge in [0.25, 0.3) is 5.91 Å². The molecule has 0 heterocycles. The van der Waals surface area contributed by atoms with Crippen molar-refractivity contribution in [2.45, 2.75) is 0 Å². The van der Waals surface area contributed by atoms with Crippen LogP contribution >= 0.6 is 0 Å². The van der Waals surface area contributed by atoms with Crippen molar-refractivity contribution in [2.24, 2.45) is 10.8 Å². The smallest absolute Gasteiger partial charge is 0.294 e. The SMILES string of the molecule is N=NC(=O)c1cccc(C(N)=O)c1. The second kappa shape index (κ2) is 3.57. The van der Waals surface area contributed by atoms with E-state index in [1.165, 1.54) is 24.3 Å². The monoisotopic (exact) mass is 177 g/mol. The molecule has 2 amide bonds. The molecule has 0 fully saturated rings. The van der Waals surface area contributed by atoms with Crippen molar-refractivity contribution in [2.75, 3.05) is 0 Å². The summed E-state index contributed by atoms with van der Waals surface area (Å²) in [6.07, 6.45) is 0. The Morgan fingerprint density at radius 1 is 1.31 bits per heavy atom. The highest BCUT2D eigenvalue weighted by Crippen LogP contribution is 2.05. The van der Waals surface area contributed by atoms with Gasteiger partial charge >= 0.3 is 0 Å². The maximum absolute atomic E-state index is 10.9. The number of primary amides is 1. The van der Waals surface area contributed by atoms with Crippen molar-refractivity contribution in [3.63, 3.8) is 0 Å². The van der Waals surface area contributed by atoms with Crippen molar-refractivity contribution in [3.8, 4) is 0 Å². The van der Waals surface area contributed by atoms with E-state index in [1.807, 2.05) is 0 Å². The van der Waals surface area contributed by atoms with Gasteiger partial charge in [0.2, 0.25) is 5.91 Å². The van der Waals surface area contributed by atoms with Crippen LogP contribution in [0.2, 0.25) is 0 Å². The fraction of sp³-hybridized carbons (Fsp3) is 0. The van der Waals surface area contributed by atoms with Crippen LogP contribution in [0.25, 0.3) is 0 Å². The first kappa shape index (κ1) is 9.05. The number of benzene rings is 1. The number of hydrogen-bond acceptors (Lipinski definition) is 3. The van der Waals surface area contributed by atoms with Crippen molar-refractivity contribution in [1.29, 1.82) is 5.53 Å². The Balaban J connectivity index is 3.12. The second-order valence-corrected chi connectivity index (χ2v) is 2.36. The molecule has 0 aliphatic heterocycles. The minimum absolute atomic E-state index is 0.186. The van der Waals surface area contributed by atoms with E-state index in [9.17, 15) is 9.59 Å². The molecule has 1 rings (SSSR count). The molecule has 0 radical (unpaired) electrons. The van der Waals surface area contributed by atoms with Gasteiger partial charge in [0, 0.05) is 11.1 Å². The van der Waals surface area contributed by atoms with Gasteiger partial charge in [-0.15, -0.1) is 5.11 Å². The number of carbonyl (C=O) groups excluding carboxylic acids is 2. The molecule has 5 nitrogen and oxygen atoms in total. The Kier molecular flexibility index (Phi) is 2.49. The molecule has 13 heavy (non-hydrogen) atoms. The van der Waals surface area contributed by atoms with E-state index in [0.29, 0.717) is 0 Å². The van der Waals surface area contributed by atoms with Gasteiger partial charge in [0.1, 0.15) is 0 Å². The predicted octanol–water partition coefficient (Wildman–Crippen LogP) is 0.957. The third kappa shape index (κ3) is 1.96. The summed E-state index contributed by atoms with van der Waals surface area (Å²) >= 11 is 0. The molecule has 0 unspecified atom stereocenters. The highest BCUT2D eigenvalue weighted by molar-refractivity contribution is 5.99. The average molecular weight is 177 g/mol. The van der Waals surface area contributed by atoms with Crippen LogP contribution in [-0.2, 0) is 0 Å². The summed E-state index contributed by atoms with van der Waals surface area (Å²) in [5.41, 5.74) is 11.9. The summed E-state index contributed by atoms with van der Waals surface area (Å²) in [6.45, 7) is 0. The zero-order valence-electron chi connectivity index (χ0n) is 6.65. The Bertz CT molecular complexity index is 373. The molecule has 66 valence electrons. The van der Waals surface area contributed by atoms with Crippen LogP contribution in [0.15, 0.2) is 29.4 Å². The third-order valence-corrected chi connectivity index (χ3v) is 1.50. The van der Waals surface area contributed by atoms with Crippen LogP contribution in [-0.4, -0.2) is 11.8 Å². The number of nitrogens with two attached hydrogens (primary N) is 1. The first-order valence-electron chi connectivity index (χ1n) is 3.47. The standard InChI is InChI=1S/C8H7N3O2/c9-7(12)5-2-1-3-6(4-5)8(13)11-10/h1-4,10H,(H2,9,12). The lowest BCUT2D eigenvalue weighted by atomic mass is 10.1. The number of hydrogen-bond donors (Lipinski definition) is 2. The molecule has 0 spiro atoms.